The minimum atomic E-state index is -0.299. The van der Waals surface area contributed by atoms with E-state index < -0.39 is 0 Å². The highest BCUT2D eigenvalue weighted by molar-refractivity contribution is 8.16. The Morgan fingerprint density at radius 2 is 2.17 bits per heavy atom. The maximum atomic E-state index is 12.1. The highest BCUT2D eigenvalue weighted by Crippen LogP contribution is 2.51. The molecule has 3 aliphatic rings. The van der Waals surface area contributed by atoms with Crippen LogP contribution in [0, 0.1) is 23.7 Å². The summed E-state index contributed by atoms with van der Waals surface area (Å²) < 4.78 is -0.299. The van der Waals surface area contributed by atoms with Crippen molar-refractivity contribution in [1.82, 2.24) is 0 Å². The normalized spacial score (nSPS) is 43.0. The summed E-state index contributed by atoms with van der Waals surface area (Å²) in [5.41, 5.74) is 0. The van der Waals surface area contributed by atoms with Gasteiger partial charge in [0.1, 0.15) is 4.75 Å². The lowest BCUT2D eigenvalue weighted by molar-refractivity contribution is -0.120. The van der Waals surface area contributed by atoms with E-state index in [0.29, 0.717) is 5.92 Å². The number of amides is 1. The fraction of sp³-hybridized carbons (Fsp3) is 0.867. The molecule has 2 saturated carbocycles. The molecule has 1 aliphatic heterocycles. The third-order valence-corrected chi connectivity index (χ3v) is 6.97. The summed E-state index contributed by atoms with van der Waals surface area (Å²) in [5.74, 6) is 3.19. The third-order valence-electron chi connectivity index (χ3n) is 5.40. The van der Waals surface area contributed by atoms with Crippen molar-refractivity contribution in [3.63, 3.8) is 0 Å². The zero-order valence-electron chi connectivity index (χ0n) is 11.6. The number of rotatable bonds is 3. The van der Waals surface area contributed by atoms with Gasteiger partial charge < -0.3 is 0 Å². The first-order chi connectivity index (χ1) is 8.49. The van der Waals surface area contributed by atoms with E-state index in [0.717, 1.165) is 29.2 Å². The molecule has 1 amide bonds. The van der Waals surface area contributed by atoms with Gasteiger partial charge in [0.2, 0.25) is 0 Å². The molecule has 2 nitrogen and oxygen atoms in total. The Labute approximate surface area is 114 Å². The molecule has 0 aromatic rings. The van der Waals surface area contributed by atoms with Crippen LogP contribution < -0.4 is 0 Å². The molecule has 100 valence electrons. The molecule has 0 saturated heterocycles. The zero-order chi connectivity index (χ0) is 12.9. The van der Waals surface area contributed by atoms with Crippen LogP contribution in [0.1, 0.15) is 52.9 Å². The molecular formula is C15H23NOS. The molecule has 0 spiro atoms. The first-order valence-electron chi connectivity index (χ1n) is 7.30. The lowest BCUT2D eigenvalue weighted by atomic mass is 9.87. The predicted molar refractivity (Wildman–Crippen MR) is 76.8 cm³/mol. The molecular weight excluding hydrogens is 242 g/mol. The van der Waals surface area contributed by atoms with Crippen LogP contribution in [0.15, 0.2) is 4.99 Å². The van der Waals surface area contributed by atoms with Gasteiger partial charge in [-0.05, 0) is 56.3 Å². The van der Waals surface area contributed by atoms with E-state index >= 15 is 0 Å². The second-order valence-electron chi connectivity index (χ2n) is 6.81. The monoisotopic (exact) mass is 265 g/mol. The SMILES string of the molecule is CC(C)[C@]1(C)SC(C[C@@H]2C[C@H]3CC[C@@H]2C3)=NC1=O. The molecule has 3 heteroatoms. The molecule has 0 N–H and O–H groups in total. The van der Waals surface area contributed by atoms with Crippen molar-refractivity contribution in [2.45, 2.75) is 57.6 Å². The van der Waals surface area contributed by atoms with E-state index in [2.05, 4.69) is 25.8 Å². The van der Waals surface area contributed by atoms with Crippen molar-refractivity contribution in [3.8, 4) is 0 Å². The number of nitrogens with zero attached hydrogens (tertiary/aromatic N) is 1. The summed E-state index contributed by atoms with van der Waals surface area (Å²) in [6, 6.07) is 0. The molecule has 0 radical (unpaired) electrons. The third kappa shape index (κ3) is 1.95. The number of carbonyl (C=O) groups excluding carboxylic acids is 1. The highest BCUT2D eigenvalue weighted by atomic mass is 32.2. The van der Waals surface area contributed by atoms with Gasteiger partial charge in [0, 0.05) is 0 Å². The summed E-state index contributed by atoms with van der Waals surface area (Å²) in [5, 5.41) is 1.12. The van der Waals surface area contributed by atoms with Crippen LogP contribution in [-0.2, 0) is 4.79 Å². The molecule has 2 fully saturated rings. The van der Waals surface area contributed by atoms with Crippen molar-refractivity contribution in [2.24, 2.45) is 28.7 Å². The van der Waals surface area contributed by atoms with E-state index in [4.69, 9.17) is 0 Å². The second-order valence-corrected chi connectivity index (χ2v) is 8.34. The van der Waals surface area contributed by atoms with Crippen molar-refractivity contribution >= 4 is 22.7 Å². The molecule has 4 atom stereocenters. The molecule has 3 rings (SSSR count). The van der Waals surface area contributed by atoms with Crippen LogP contribution in [0.2, 0.25) is 0 Å². The molecule has 18 heavy (non-hydrogen) atoms. The average molecular weight is 265 g/mol. The maximum Gasteiger partial charge on any atom is 0.263 e. The Balaban J connectivity index is 1.65. The first-order valence-corrected chi connectivity index (χ1v) is 8.11. The van der Waals surface area contributed by atoms with Crippen LogP contribution >= 0.6 is 11.8 Å². The minimum absolute atomic E-state index is 0.0978. The standard InChI is InChI=1S/C15H23NOS/c1-9(2)15(3)14(17)16-13(18-15)8-12-7-10-4-5-11(12)6-10/h9-12H,4-8H2,1-3H3/t10-,11+,12-,15-/m0/s1. The Kier molecular flexibility index (Phi) is 3.08. The first kappa shape index (κ1) is 12.7. The Bertz CT molecular complexity index is 403. The van der Waals surface area contributed by atoms with Gasteiger partial charge in [-0.2, -0.15) is 0 Å². The largest absolute Gasteiger partial charge is 0.271 e. The molecule has 0 aromatic carbocycles. The number of hydrogen-bond acceptors (Lipinski definition) is 2. The average Bonchev–Trinajstić information content (AvgIpc) is 2.95. The maximum absolute atomic E-state index is 12.1. The predicted octanol–water partition coefficient (Wildman–Crippen LogP) is 3.90. The van der Waals surface area contributed by atoms with Gasteiger partial charge in [0.15, 0.2) is 0 Å². The lowest BCUT2D eigenvalue weighted by Crippen LogP contribution is -2.33. The summed E-state index contributed by atoms with van der Waals surface area (Å²) in [6.45, 7) is 6.31. The molecule has 1 heterocycles. The number of fused-ring (bicyclic) bond motifs is 2. The number of hydrogen-bond donors (Lipinski definition) is 0. The van der Waals surface area contributed by atoms with E-state index in [9.17, 15) is 4.79 Å². The summed E-state index contributed by atoms with van der Waals surface area (Å²) in [6.07, 6.45) is 6.76. The van der Waals surface area contributed by atoms with E-state index in [-0.39, 0.29) is 10.7 Å². The molecule has 0 aromatic heterocycles. The van der Waals surface area contributed by atoms with E-state index in [1.165, 1.54) is 25.7 Å². The van der Waals surface area contributed by atoms with Gasteiger partial charge in [0.05, 0.1) is 5.04 Å². The zero-order valence-corrected chi connectivity index (χ0v) is 12.4. The topological polar surface area (TPSA) is 29.4 Å². The van der Waals surface area contributed by atoms with Gasteiger partial charge in [0.25, 0.3) is 5.91 Å². The van der Waals surface area contributed by atoms with Crippen molar-refractivity contribution < 1.29 is 4.79 Å². The summed E-state index contributed by atoms with van der Waals surface area (Å²) >= 11 is 1.74. The molecule has 2 aliphatic carbocycles. The smallest absolute Gasteiger partial charge is 0.263 e. The van der Waals surface area contributed by atoms with E-state index in [1.54, 1.807) is 11.8 Å². The Hall–Kier alpha value is -0.310. The van der Waals surface area contributed by atoms with Gasteiger partial charge in [-0.1, -0.05) is 32.0 Å². The fourth-order valence-corrected chi connectivity index (χ4v) is 5.12. The van der Waals surface area contributed by atoms with Gasteiger partial charge >= 0.3 is 0 Å². The van der Waals surface area contributed by atoms with E-state index in [1.807, 2.05) is 0 Å². The minimum Gasteiger partial charge on any atom is -0.271 e. The summed E-state index contributed by atoms with van der Waals surface area (Å²) in [7, 11) is 0. The van der Waals surface area contributed by atoms with Crippen LogP contribution in [0.25, 0.3) is 0 Å². The van der Waals surface area contributed by atoms with Crippen LogP contribution in [0.3, 0.4) is 0 Å². The molecule has 2 bridgehead atoms. The van der Waals surface area contributed by atoms with Crippen LogP contribution in [0.5, 0.6) is 0 Å². The number of thioether (sulfide) groups is 1. The van der Waals surface area contributed by atoms with Gasteiger partial charge in [-0.25, -0.2) is 4.99 Å². The van der Waals surface area contributed by atoms with Crippen molar-refractivity contribution in [1.29, 1.82) is 0 Å². The number of carbonyl (C=O) groups is 1. The quantitative estimate of drug-likeness (QED) is 0.774. The van der Waals surface area contributed by atoms with Gasteiger partial charge in [-0.15, -0.1) is 0 Å². The van der Waals surface area contributed by atoms with Gasteiger partial charge in [-0.3, -0.25) is 4.79 Å². The van der Waals surface area contributed by atoms with Crippen molar-refractivity contribution in [3.05, 3.63) is 0 Å². The summed E-state index contributed by atoms with van der Waals surface area (Å²) in [4.78, 5) is 16.4. The van der Waals surface area contributed by atoms with Crippen LogP contribution in [0.4, 0.5) is 0 Å². The Morgan fingerprint density at radius 1 is 1.39 bits per heavy atom. The number of aliphatic imine (C=N–C) groups is 1. The Morgan fingerprint density at radius 3 is 2.67 bits per heavy atom. The van der Waals surface area contributed by atoms with Crippen LogP contribution in [-0.4, -0.2) is 15.7 Å². The fourth-order valence-electron chi connectivity index (χ4n) is 3.84. The highest BCUT2D eigenvalue weighted by Gasteiger charge is 2.46. The second kappa shape index (κ2) is 4.36. The lowest BCUT2D eigenvalue weighted by Gasteiger charge is -2.25. The van der Waals surface area contributed by atoms with Crippen molar-refractivity contribution in [2.75, 3.05) is 0 Å². The molecule has 0 unspecified atom stereocenters.